The van der Waals surface area contributed by atoms with Crippen LogP contribution in [0, 0.1) is 0 Å². The highest BCUT2D eigenvalue weighted by atomic mass is 79.9. The van der Waals surface area contributed by atoms with Crippen molar-refractivity contribution in [3.8, 4) is 11.4 Å². The van der Waals surface area contributed by atoms with Crippen molar-refractivity contribution in [3.63, 3.8) is 0 Å². The molecule has 114 valence electrons. The highest BCUT2D eigenvalue weighted by Gasteiger charge is 2.31. The van der Waals surface area contributed by atoms with Crippen LogP contribution in [0.4, 0.5) is 13.2 Å². The minimum absolute atomic E-state index is 0.184. The number of nitrogens with two attached hydrogens (primary N) is 1. The summed E-state index contributed by atoms with van der Waals surface area (Å²) in [6.45, 7) is 2.74. The van der Waals surface area contributed by atoms with Gasteiger partial charge in [-0.05, 0) is 24.6 Å². The van der Waals surface area contributed by atoms with Gasteiger partial charge in [0.05, 0.1) is 12.1 Å². The molecule has 0 amide bonds. The highest BCUT2D eigenvalue weighted by Crippen LogP contribution is 2.35. The lowest BCUT2D eigenvalue weighted by molar-refractivity contribution is -0.137. The molecule has 0 unspecified atom stereocenters. The molecular weight excluding hydrogens is 349 g/mol. The topological polar surface area (TPSA) is 56.7 Å². The lowest BCUT2D eigenvalue weighted by Gasteiger charge is -2.12. The van der Waals surface area contributed by atoms with Crippen LogP contribution in [0.2, 0.25) is 0 Å². The molecule has 0 atom stereocenters. The second-order valence-electron chi connectivity index (χ2n) is 4.49. The van der Waals surface area contributed by atoms with Crippen molar-refractivity contribution in [1.82, 2.24) is 14.8 Å². The van der Waals surface area contributed by atoms with Crippen LogP contribution in [-0.2, 0) is 19.3 Å². The first kappa shape index (κ1) is 16.0. The van der Waals surface area contributed by atoms with E-state index in [9.17, 15) is 13.2 Å². The van der Waals surface area contributed by atoms with Crippen molar-refractivity contribution in [2.24, 2.45) is 5.73 Å². The van der Waals surface area contributed by atoms with Crippen molar-refractivity contribution in [1.29, 1.82) is 0 Å². The zero-order valence-electron chi connectivity index (χ0n) is 11.3. The Kier molecular flexibility index (Phi) is 4.67. The second-order valence-corrected chi connectivity index (χ2v) is 5.34. The molecule has 0 aliphatic rings. The van der Waals surface area contributed by atoms with E-state index < -0.39 is 11.7 Å². The third kappa shape index (κ3) is 3.26. The number of rotatable bonds is 4. The first-order valence-electron chi connectivity index (χ1n) is 6.37. The van der Waals surface area contributed by atoms with Gasteiger partial charge in [-0.2, -0.15) is 13.2 Å². The summed E-state index contributed by atoms with van der Waals surface area (Å²) < 4.78 is 40.9. The smallest absolute Gasteiger partial charge is 0.324 e. The van der Waals surface area contributed by atoms with Gasteiger partial charge in [0.15, 0.2) is 5.82 Å². The van der Waals surface area contributed by atoms with Crippen LogP contribution in [0.1, 0.15) is 24.7 Å². The average molecular weight is 363 g/mol. The van der Waals surface area contributed by atoms with Crippen molar-refractivity contribution >= 4 is 15.9 Å². The van der Waals surface area contributed by atoms with Crippen molar-refractivity contribution in [2.45, 2.75) is 32.6 Å². The lowest BCUT2D eigenvalue weighted by atomic mass is 10.1. The standard InChI is InChI=1S/C13H14BrF3N4/c1-2-5-21-11(7-18)19-20-12(21)9-6-8(13(15,16)17)3-4-10(9)14/h3-4,6H,2,5,7,18H2,1H3. The fourth-order valence-corrected chi connectivity index (χ4v) is 2.44. The van der Waals surface area contributed by atoms with Crippen LogP contribution in [-0.4, -0.2) is 14.8 Å². The predicted octanol–water partition coefficient (Wildman–Crippen LogP) is 3.60. The highest BCUT2D eigenvalue weighted by molar-refractivity contribution is 9.10. The Hall–Kier alpha value is -1.41. The van der Waals surface area contributed by atoms with Gasteiger partial charge in [-0.15, -0.1) is 10.2 Å². The molecule has 0 saturated carbocycles. The van der Waals surface area contributed by atoms with Gasteiger partial charge in [0.2, 0.25) is 0 Å². The van der Waals surface area contributed by atoms with E-state index in [2.05, 4.69) is 26.1 Å². The molecule has 0 radical (unpaired) electrons. The summed E-state index contributed by atoms with van der Waals surface area (Å²) in [6, 6.07) is 3.46. The SMILES string of the molecule is CCCn1c(CN)nnc1-c1cc(C(F)(F)F)ccc1Br. The molecule has 21 heavy (non-hydrogen) atoms. The molecule has 1 aromatic carbocycles. The summed E-state index contributed by atoms with van der Waals surface area (Å²) in [4.78, 5) is 0. The van der Waals surface area contributed by atoms with Crippen molar-refractivity contribution < 1.29 is 13.2 Å². The normalized spacial score (nSPS) is 11.9. The molecule has 2 aromatic rings. The molecule has 0 aliphatic carbocycles. The molecule has 8 heteroatoms. The molecule has 4 nitrogen and oxygen atoms in total. The predicted molar refractivity (Wildman–Crippen MR) is 76.3 cm³/mol. The molecule has 2 rings (SSSR count). The van der Waals surface area contributed by atoms with Crippen LogP contribution in [0.15, 0.2) is 22.7 Å². The summed E-state index contributed by atoms with van der Waals surface area (Å²) in [7, 11) is 0. The van der Waals surface area contributed by atoms with Gasteiger partial charge in [-0.25, -0.2) is 0 Å². The summed E-state index contributed by atoms with van der Waals surface area (Å²) in [6.07, 6.45) is -3.60. The number of alkyl halides is 3. The molecule has 0 spiro atoms. The van der Waals surface area contributed by atoms with Gasteiger partial charge in [0, 0.05) is 16.6 Å². The quantitative estimate of drug-likeness (QED) is 0.903. The Balaban J connectivity index is 2.58. The Bertz CT molecular complexity index is 637. The zero-order chi connectivity index (χ0) is 15.6. The van der Waals surface area contributed by atoms with Gasteiger partial charge in [0.25, 0.3) is 0 Å². The molecule has 0 bridgehead atoms. The van der Waals surface area contributed by atoms with Crippen LogP contribution < -0.4 is 5.73 Å². The van der Waals surface area contributed by atoms with E-state index in [-0.39, 0.29) is 6.54 Å². The second kappa shape index (κ2) is 6.15. The van der Waals surface area contributed by atoms with Crippen LogP contribution >= 0.6 is 15.9 Å². The molecule has 1 aromatic heterocycles. The minimum atomic E-state index is -4.40. The first-order valence-corrected chi connectivity index (χ1v) is 7.17. The fourth-order valence-electron chi connectivity index (χ4n) is 2.02. The third-order valence-electron chi connectivity index (χ3n) is 2.99. The summed E-state index contributed by atoms with van der Waals surface area (Å²) >= 11 is 3.27. The summed E-state index contributed by atoms with van der Waals surface area (Å²) in [5.41, 5.74) is 5.23. The van der Waals surface area contributed by atoms with E-state index in [1.807, 2.05) is 6.92 Å². The van der Waals surface area contributed by atoms with Crippen molar-refractivity contribution in [3.05, 3.63) is 34.1 Å². The van der Waals surface area contributed by atoms with Crippen molar-refractivity contribution in [2.75, 3.05) is 0 Å². The van der Waals surface area contributed by atoms with E-state index in [1.54, 1.807) is 4.57 Å². The fraction of sp³-hybridized carbons (Fsp3) is 0.385. The van der Waals surface area contributed by atoms with E-state index >= 15 is 0 Å². The largest absolute Gasteiger partial charge is 0.416 e. The summed E-state index contributed by atoms with van der Waals surface area (Å²) in [5.74, 6) is 0.937. The maximum atomic E-state index is 12.9. The van der Waals surface area contributed by atoms with Gasteiger partial charge >= 0.3 is 6.18 Å². The number of hydrogen-bond donors (Lipinski definition) is 1. The molecule has 0 aliphatic heterocycles. The maximum absolute atomic E-state index is 12.9. The Morgan fingerprint density at radius 2 is 2.00 bits per heavy atom. The first-order chi connectivity index (χ1) is 9.88. The minimum Gasteiger partial charge on any atom is -0.324 e. The Labute approximate surface area is 128 Å². The number of benzene rings is 1. The molecule has 0 saturated heterocycles. The Morgan fingerprint density at radius 1 is 1.29 bits per heavy atom. The van der Waals surface area contributed by atoms with E-state index in [0.717, 1.165) is 18.6 Å². The van der Waals surface area contributed by atoms with Crippen LogP contribution in [0.25, 0.3) is 11.4 Å². The van der Waals surface area contributed by atoms with Gasteiger partial charge in [-0.1, -0.05) is 22.9 Å². The monoisotopic (exact) mass is 362 g/mol. The zero-order valence-corrected chi connectivity index (χ0v) is 12.9. The van der Waals surface area contributed by atoms with Gasteiger partial charge in [-0.3, -0.25) is 0 Å². The third-order valence-corrected chi connectivity index (χ3v) is 3.68. The lowest BCUT2D eigenvalue weighted by Crippen LogP contribution is -2.10. The molecule has 2 N–H and O–H groups in total. The number of nitrogens with zero attached hydrogens (tertiary/aromatic N) is 3. The molecule has 1 heterocycles. The number of aromatic nitrogens is 3. The van der Waals surface area contributed by atoms with E-state index in [4.69, 9.17) is 5.73 Å². The van der Waals surface area contributed by atoms with Crippen LogP contribution in [0.5, 0.6) is 0 Å². The maximum Gasteiger partial charge on any atom is 0.416 e. The van der Waals surface area contributed by atoms with E-state index in [0.29, 0.717) is 28.2 Å². The average Bonchev–Trinajstić information content (AvgIpc) is 2.81. The van der Waals surface area contributed by atoms with Crippen LogP contribution in [0.3, 0.4) is 0 Å². The molecule has 0 fully saturated rings. The Morgan fingerprint density at radius 3 is 2.57 bits per heavy atom. The number of hydrogen-bond acceptors (Lipinski definition) is 3. The van der Waals surface area contributed by atoms with Gasteiger partial charge < -0.3 is 10.3 Å². The van der Waals surface area contributed by atoms with E-state index in [1.165, 1.54) is 6.07 Å². The molecular formula is C13H14BrF3N4. The number of halogens is 4. The summed E-state index contributed by atoms with van der Waals surface area (Å²) in [5, 5.41) is 7.94. The van der Waals surface area contributed by atoms with Gasteiger partial charge in [0.1, 0.15) is 5.82 Å².